The number of aromatic nitrogens is 2. The average molecular weight is 265 g/mol. The second-order valence-corrected chi connectivity index (χ2v) is 5.62. The highest BCUT2D eigenvalue weighted by Gasteiger charge is 2.34. The zero-order chi connectivity index (χ0) is 14.0. The SMILES string of the molecule is Cc1nn(C)cc1NC(=O)[C@@H]1CCCO[C@@H]1C(C)C. The van der Waals surface area contributed by atoms with Crippen molar-refractivity contribution in [1.82, 2.24) is 9.78 Å². The minimum absolute atomic E-state index is 0.0192. The van der Waals surface area contributed by atoms with E-state index in [1.165, 1.54) is 0 Å². The van der Waals surface area contributed by atoms with Gasteiger partial charge in [-0.15, -0.1) is 0 Å². The fourth-order valence-corrected chi connectivity index (χ4v) is 2.69. The van der Waals surface area contributed by atoms with E-state index in [0.29, 0.717) is 5.92 Å². The lowest BCUT2D eigenvalue weighted by atomic mass is 9.87. The van der Waals surface area contributed by atoms with Crippen LogP contribution in [0.1, 0.15) is 32.4 Å². The summed E-state index contributed by atoms with van der Waals surface area (Å²) < 4.78 is 7.48. The van der Waals surface area contributed by atoms with E-state index in [9.17, 15) is 4.79 Å². The first-order valence-electron chi connectivity index (χ1n) is 6.91. The topological polar surface area (TPSA) is 56.2 Å². The summed E-state index contributed by atoms with van der Waals surface area (Å²) in [5.41, 5.74) is 1.63. The molecular formula is C14H23N3O2. The molecule has 0 bridgehead atoms. The maximum atomic E-state index is 12.4. The molecule has 5 nitrogen and oxygen atoms in total. The Morgan fingerprint density at radius 2 is 2.32 bits per heavy atom. The lowest BCUT2D eigenvalue weighted by Gasteiger charge is -2.33. The molecule has 106 valence electrons. The molecule has 1 aromatic rings. The van der Waals surface area contributed by atoms with Crippen molar-refractivity contribution in [2.24, 2.45) is 18.9 Å². The van der Waals surface area contributed by atoms with Gasteiger partial charge in [0.15, 0.2) is 0 Å². The van der Waals surface area contributed by atoms with Gasteiger partial charge in [0, 0.05) is 19.9 Å². The summed E-state index contributed by atoms with van der Waals surface area (Å²) >= 11 is 0. The fraction of sp³-hybridized carbons (Fsp3) is 0.714. The molecule has 0 radical (unpaired) electrons. The predicted molar refractivity (Wildman–Crippen MR) is 73.9 cm³/mol. The van der Waals surface area contributed by atoms with E-state index in [0.717, 1.165) is 30.8 Å². The van der Waals surface area contributed by atoms with Gasteiger partial charge in [-0.3, -0.25) is 9.48 Å². The summed E-state index contributed by atoms with van der Waals surface area (Å²) in [5.74, 6) is 0.342. The molecule has 0 unspecified atom stereocenters. The van der Waals surface area contributed by atoms with Crippen LogP contribution in [0.5, 0.6) is 0 Å². The predicted octanol–water partition coefficient (Wildman–Crippen LogP) is 2.12. The van der Waals surface area contributed by atoms with Crippen LogP contribution >= 0.6 is 0 Å². The minimum Gasteiger partial charge on any atom is -0.377 e. The molecule has 1 fully saturated rings. The lowest BCUT2D eigenvalue weighted by Crippen LogP contribution is -2.41. The number of rotatable bonds is 3. The molecule has 1 saturated heterocycles. The Balaban J connectivity index is 2.07. The standard InChI is InChI=1S/C14H23N3O2/c1-9(2)13-11(6-5-7-19-13)14(18)15-12-8-17(4)16-10(12)3/h8-9,11,13H,5-7H2,1-4H3,(H,15,18)/t11-,13-/m1/s1. The number of anilines is 1. The Morgan fingerprint density at radius 3 is 2.89 bits per heavy atom. The highest BCUT2D eigenvalue weighted by molar-refractivity contribution is 5.93. The van der Waals surface area contributed by atoms with Gasteiger partial charge in [0.1, 0.15) is 0 Å². The Labute approximate surface area is 114 Å². The molecule has 2 heterocycles. The number of carbonyl (C=O) groups is 1. The number of amides is 1. The molecule has 0 saturated carbocycles. The van der Waals surface area contributed by atoms with Crippen LogP contribution in [0.4, 0.5) is 5.69 Å². The number of hydrogen-bond donors (Lipinski definition) is 1. The first-order chi connectivity index (χ1) is 8.99. The van der Waals surface area contributed by atoms with Crippen LogP contribution < -0.4 is 5.32 Å². The summed E-state index contributed by atoms with van der Waals surface area (Å²) in [5, 5.41) is 7.22. The third-order valence-electron chi connectivity index (χ3n) is 3.63. The zero-order valence-corrected chi connectivity index (χ0v) is 12.1. The number of ether oxygens (including phenoxy) is 1. The van der Waals surface area contributed by atoms with Gasteiger partial charge in [0.25, 0.3) is 0 Å². The molecule has 0 spiro atoms. The van der Waals surface area contributed by atoms with Crippen LogP contribution in [0, 0.1) is 18.8 Å². The van der Waals surface area contributed by atoms with Crippen molar-refractivity contribution < 1.29 is 9.53 Å². The number of nitrogens with one attached hydrogen (secondary N) is 1. The van der Waals surface area contributed by atoms with Gasteiger partial charge in [-0.2, -0.15) is 5.10 Å². The average Bonchev–Trinajstić information content (AvgIpc) is 2.67. The van der Waals surface area contributed by atoms with Crippen molar-refractivity contribution in [3.63, 3.8) is 0 Å². The molecule has 5 heteroatoms. The van der Waals surface area contributed by atoms with Crippen LogP contribution in [-0.4, -0.2) is 28.4 Å². The van der Waals surface area contributed by atoms with Crippen molar-refractivity contribution in [3.8, 4) is 0 Å². The highest BCUT2D eigenvalue weighted by atomic mass is 16.5. The maximum Gasteiger partial charge on any atom is 0.230 e. The van der Waals surface area contributed by atoms with Crippen molar-refractivity contribution >= 4 is 11.6 Å². The number of nitrogens with zero attached hydrogens (tertiary/aromatic N) is 2. The highest BCUT2D eigenvalue weighted by Crippen LogP contribution is 2.27. The largest absolute Gasteiger partial charge is 0.377 e. The number of aryl methyl sites for hydroxylation is 2. The van der Waals surface area contributed by atoms with Gasteiger partial charge in [-0.1, -0.05) is 13.8 Å². The van der Waals surface area contributed by atoms with Gasteiger partial charge in [0.05, 0.1) is 23.4 Å². The maximum absolute atomic E-state index is 12.4. The van der Waals surface area contributed by atoms with Gasteiger partial charge >= 0.3 is 0 Å². The summed E-state index contributed by atoms with van der Waals surface area (Å²) in [4.78, 5) is 12.4. The van der Waals surface area contributed by atoms with E-state index in [1.807, 2.05) is 20.2 Å². The van der Waals surface area contributed by atoms with E-state index in [2.05, 4.69) is 24.3 Å². The molecule has 0 aliphatic carbocycles. The first-order valence-corrected chi connectivity index (χ1v) is 6.91. The second-order valence-electron chi connectivity index (χ2n) is 5.62. The van der Waals surface area contributed by atoms with Crippen LogP contribution in [-0.2, 0) is 16.6 Å². The van der Waals surface area contributed by atoms with Crippen LogP contribution in [0.3, 0.4) is 0 Å². The van der Waals surface area contributed by atoms with Crippen molar-refractivity contribution in [3.05, 3.63) is 11.9 Å². The number of carbonyl (C=O) groups excluding carboxylic acids is 1. The fourth-order valence-electron chi connectivity index (χ4n) is 2.69. The molecule has 0 aromatic carbocycles. The molecule has 1 amide bonds. The van der Waals surface area contributed by atoms with Crippen LogP contribution in [0.2, 0.25) is 0 Å². The molecule has 2 rings (SSSR count). The summed E-state index contributed by atoms with van der Waals surface area (Å²) in [6.07, 6.45) is 3.70. The van der Waals surface area contributed by atoms with E-state index in [-0.39, 0.29) is 17.9 Å². The zero-order valence-electron chi connectivity index (χ0n) is 12.1. The molecule has 1 N–H and O–H groups in total. The molecule has 2 atom stereocenters. The molecule has 1 aliphatic rings. The Bertz CT molecular complexity index is 454. The van der Waals surface area contributed by atoms with E-state index in [4.69, 9.17) is 4.74 Å². The Kier molecular flexibility index (Phi) is 4.24. The monoisotopic (exact) mass is 265 g/mol. The minimum atomic E-state index is -0.0617. The van der Waals surface area contributed by atoms with Gasteiger partial charge in [0.2, 0.25) is 5.91 Å². The quantitative estimate of drug-likeness (QED) is 0.910. The van der Waals surface area contributed by atoms with Crippen LogP contribution in [0.15, 0.2) is 6.20 Å². The summed E-state index contributed by atoms with van der Waals surface area (Å²) in [6.45, 7) is 6.86. The van der Waals surface area contributed by atoms with Crippen molar-refractivity contribution in [2.75, 3.05) is 11.9 Å². The van der Waals surface area contributed by atoms with Gasteiger partial charge in [-0.25, -0.2) is 0 Å². The third kappa shape index (κ3) is 3.15. The second kappa shape index (κ2) is 5.74. The molecule has 1 aromatic heterocycles. The van der Waals surface area contributed by atoms with Gasteiger partial charge in [-0.05, 0) is 25.7 Å². The third-order valence-corrected chi connectivity index (χ3v) is 3.63. The normalized spacial score (nSPS) is 23.6. The van der Waals surface area contributed by atoms with Crippen molar-refractivity contribution in [2.45, 2.75) is 39.7 Å². The molecule has 1 aliphatic heterocycles. The van der Waals surface area contributed by atoms with Crippen molar-refractivity contribution in [1.29, 1.82) is 0 Å². The first kappa shape index (κ1) is 14.1. The van der Waals surface area contributed by atoms with E-state index < -0.39 is 0 Å². The van der Waals surface area contributed by atoms with Gasteiger partial charge < -0.3 is 10.1 Å². The Hall–Kier alpha value is -1.36. The summed E-state index contributed by atoms with van der Waals surface area (Å²) in [6, 6.07) is 0. The Morgan fingerprint density at radius 1 is 1.58 bits per heavy atom. The number of hydrogen-bond acceptors (Lipinski definition) is 3. The summed E-state index contributed by atoms with van der Waals surface area (Å²) in [7, 11) is 1.85. The molecular weight excluding hydrogens is 242 g/mol. The van der Waals surface area contributed by atoms with Crippen LogP contribution in [0.25, 0.3) is 0 Å². The van der Waals surface area contributed by atoms with E-state index >= 15 is 0 Å². The van der Waals surface area contributed by atoms with E-state index in [1.54, 1.807) is 4.68 Å². The lowest BCUT2D eigenvalue weighted by molar-refractivity contribution is -0.131. The molecule has 19 heavy (non-hydrogen) atoms. The smallest absolute Gasteiger partial charge is 0.230 e.